The van der Waals surface area contributed by atoms with Crippen molar-refractivity contribution in [1.82, 2.24) is 5.32 Å². The van der Waals surface area contributed by atoms with Crippen molar-refractivity contribution >= 4 is 22.2 Å². The number of anilines is 1. The minimum Gasteiger partial charge on any atom is -0.486 e. The van der Waals surface area contributed by atoms with E-state index in [1.165, 1.54) is 10.4 Å². The van der Waals surface area contributed by atoms with Crippen LogP contribution in [0.2, 0.25) is 0 Å². The highest BCUT2D eigenvalue weighted by atomic mass is 32.1. The summed E-state index contributed by atoms with van der Waals surface area (Å²) >= 11 is 1.66. The number of thiophene rings is 1. The number of carbonyl (C=O) groups excluding carboxylic acids is 1. The van der Waals surface area contributed by atoms with Crippen molar-refractivity contribution in [3.8, 4) is 22.6 Å². The second-order valence-electron chi connectivity index (χ2n) is 5.67. The Bertz CT molecular complexity index is 769. The topological polar surface area (TPSA) is 59.6 Å². The Labute approximate surface area is 138 Å². The summed E-state index contributed by atoms with van der Waals surface area (Å²) in [6, 6.07) is 6.01. The molecule has 4 rings (SSSR count). The van der Waals surface area contributed by atoms with Crippen molar-refractivity contribution in [2.45, 2.75) is 19.9 Å². The molecule has 0 atom stereocenters. The van der Waals surface area contributed by atoms with E-state index >= 15 is 0 Å². The third-order valence-electron chi connectivity index (χ3n) is 4.05. The van der Waals surface area contributed by atoms with E-state index in [0.29, 0.717) is 13.2 Å². The molecule has 0 unspecified atom stereocenters. The van der Waals surface area contributed by atoms with Crippen molar-refractivity contribution in [2.24, 2.45) is 0 Å². The van der Waals surface area contributed by atoms with Gasteiger partial charge in [0.1, 0.15) is 18.2 Å². The third kappa shape index (κ3) is 2.68. The number of amides is 1. The molecule has 120 valence electrons. The van der Waals surface area contributed by atoms with Crippen molar-refractivity contribution in [3.63, 3.8) is 0 Å². The second-order valence-corrected chi connectivity index (χ2v) is 6.78. The summed E-state index contributed by atoms with van der Waals surface area (Å²) in [6.45, 7) is 4.52. The van der Waals surface area contributed by atoms with Crippen molar-refractivity contribution in [3.05, 3.63) is 28.6 Å². The van der Waals surface area contributed by atoms with Crippen LogP contribution in [0.5, 0.6) is 11.5 Å². The molecular weight excluding hydrogens is 312 g/mol. The largest absolute Gasteiger partial charge is 0.486 e. The molecule has 0 saturated carbocycles. The molecule has 2 aliphatic rings. The lowest BCUT2D eigenvalue weighted by Crippen LogP contribution is -2.22. The molecule has 1 aromatic heterocycles. The summed E-state index contributed by atoms with van der Waals surface area (Å²) < 4.78 is 11.3. The maximum atomic E-state index is 11.6. The van der Waals surface area contributed by atoms with E-state index in [9.17, 15) is 4.79 Å². The number of benzene rings is 1. The molecule has 2 N–H and O–H groups in total. The van der Waals surface area contributed by atoms with Crippen LogP contribution in [0, 0.1) is 0 Å². The Morgan fingerprint density at radius 1 is 1.26 bits per heavy atom. The SMILES string of the molecule is CC(=O)Nc1sc2c(c1-c1ccc3c(c1)OCCO3)CCNC2. The summed E-state index contributed by atoms with van der Waals surface area (Å²) in [6.07, 6.45) is 0.967. The van der Waals surface area contributed by atoms with Gasteiger partial charge in [0, 0.05) is 23.9 Å². The maximum absolute atomic E-state index is 11.6. The van der Waals surface area contributed by atoms with Crippen LogP contribution in [0.3, 0.4) is 0 Å². The van der Waals surface area contributed by atoms with Crippen LogP contribution in [-0.4, -0.2) is 25.7 Å². The first-order chi connectivity index (χ1) is 11.2. The van der Waals surface area contributed by atoms with E-state index in [-0.39, 0.29) is 5.91 Å². The molecule has 23 heavy (non-hydrogen) atoms. The Kier molecular flexibility index (Phi) is 3.71. The van der Waals surface area contributed by atoms with Crippen molar-refractivity contribution in [1.29, 1.82) is 0 Å². The Morgan fingerprint density at radius 2 is 2.09 bits per heavy atom. The van der Waals surface area contributed by atoms with Gasteiger partial charge in [0.25, 0.3) is 0 Å². The van der Waals surface area contributed by atoms with Crippen LogP contribution in [-0.2, 0) is 17.8 Å². The van der Waals surface area contributed by atoms with Gasteiger partial charge in [-0.15, -0.1) is 11.3 Å². The molecular formula is C17H18N2O3S. The molecule has 5 nitrogen and oxygen atoms in total. The van der Waals surface area contributed by atoms with Gasteiger partial charge in [0.2, 0.25) is 5.91 Å². The molecule has 0 fully saturated rings. The molecule has 0 spiro atoms. The van der Waals surface area contributed by atoms with Gasteiger partial charge >= 0.3 is 0 Å². The third-order valence-corrected chi connectivity index (χ3v) is 5.20. The van der Waals surface area contributed by atoms with E-state index in [4.69, 9.17) is 9.47 Å². The van der Waals surface area contributed by atoms with E-state index in [0.717, 1.165) is 47.1 Å². The smallest absolute Gasteiger partial charge is 0.221 e. The molecule has 0 saturated heterocycles. The van der Waals surface area contributed by atoms with Gasteiger partial charge in [-0.3, -0.25) is 4.79 Å². The van der Waals surface area contributed by atoms with Gasteiger partial charge in [-0.25, -0.2) is 0 Å². The number of carbonyl (C=O) groups is 1. The molecule has 1 aromatic carbocycles. The Balaban J connectivity index is 1.83. The highest BCUT2D eigenvalue weighted by Gasteiger charge is 2.23. The zero-order valence-electron chi connectivity index (χ0n) is 12.9. The summed E-state index contributed by atoms with van der Waals surface area (Å²) in [4.78, 5) is 12.9. The molecule has 3 heterocycles. The summed E-state index contributed by atoms with van der Waals surface area (Å²) in [5, 5.41) is 7.30. The Hall–Kier alpha value is -2.05. The lowest BCUT2D eigenvalue weighted by Gasteiger charge is -2.20. The van der Waals surface area contributed by atoms with Crippen molar-refractivity contribution < 1.29 is 14.3 Å². The van der Waals surface area contributed by atoms with Gasteiger partial charge in [0.15, 0.2) is 11.5 Å². The summed E-state index contributed by atoms with van der Waals surface area (Å²) in [7, 11) is 0. The standard InChI is InChI=1S/C17H18N2O3S/c1-10(20)19-17-16(12-4-5-18-9-15(12)23-17)11-2-3-13-14(8-11)22-7-6-21-13/h2-3,8,18H,4-7,9H2,1H3,(H,19,20). The number of ether oxygens (including phenoxy) is 2. The number of nitrogens with one attached hydrogen (secondary N) is 2. The first-order valence-corrected chi connectivity index (χ1v) is 8.57. The highest BCUT2D eigenvalue weighted by Crippen LogP contribution is 2.44. The molecule has 2 aromatic rings. The van der Waals surface area contributed by atoms with Gasteiger partial charge < -0.3 is 20.1 Å². The number of rotatable bonds is 2. The molecule has 0 bridgehead atoms. The number of hydrogen-bond donors (Lipinski definition) is 2. The lowest BCUT2D eigenvalue weighted by molar-refractivity contribution is -0.114. The fourth-order valence-electron chi connectivity index (χ4n) is 3.09. The van der Waals surface area contributed by atoms with E-state index in [2.05, 4.69) is 10.6 Å². The van der Waals surface area contributed by atoms with Crippen LogP contribution in [0.1, 0.15) is 17.4 Å². The van der Waals surface area contributed by atoms with Crippen LogP contribution in [0.25, 0.3) is 11.1 Å². The highest BCUT2D eigenvalue weighted by molar-refractivity contribution is 7.17. The van der Waals surface area contributed by atoms with Crippen LogP contribution in [0.4, 0.5) is 5.00 Å². The summed E-state index contributed by atoms with van der Waals surface area (Å²) in [5.41, 5.74) is 3.52. The first kappa shape index (κ1) is 14.5. The average Bonchev–Trinajstić information content (AvgIpc) is 2.91. The van der Waals surface area contributed by atoms with E-state index < -0.39 is 0 Å². The van der Waals surface area contributed by atoms with Gasteiger partial charge in [-0.2, -0.15) is 0 Å². The Morgan fingerprint density at radius 3 is 2.91 bits per heavy atom. The molecule has 0 aliphatic carbocycles. The van der Waals surface area contributed by atoms with E-state index in [1.807, 2.05) is 18.2 Å². The minimum absolute atomic E-state index is 0.0460. The normalized spacial score (nSPS) is 15.9. The monoisotopic (exact) mass is 330 g/mol. The fraction of sp³-hybridized carbons (Fsp3) is 0.353. The fourth-order valence-corrected chi connectivity index (χ4v) is 4.37. The number of fused-ring (bicyclic) bond motifs is 2. The lowest BCUT2D eigenvalue weighted by atomic mass is 9.97. The maximum Gasteiger partial charge on any atom is 0.221 e. The van der Waals surface area contributed by atoms with Crippen LogP contribution < -0.4 is 20.1 Å². The molecule has 1 amide bonds. The second kappa shape index (κ2) is 5.86. The van der Waals surface area contributed by atoms with Gasteiger partial charge in [-0.1, -0.05) is 6.07 Å². The molecule has 0 radical (unpaired) electrons. The zero-order chi connectivity index (χ0) is 15.8. The first-order valence-electron chi connectivity index (χ1n) is 7.75. The van der Waals surface area contributed by atoms with Gasteiger partial charge in [-0.05, 0) is 36.2 Å². The predicted octanol–water partition coefficient (Wildman–Crippen LogP) is 2.79. The van der Waals surface area contributed by atoms with Gasteiger partial charge in [0.05, 0.1) is 0 Å². The quantitative estimate of drug-likeness (QED) is 0.889. The number of hydrogen-bond acceptors (Lipinski definition) is 5. The minimum atomic E-state index is -0.0460. The van der Waals surface area contributed by atoms with Crippen LogP contribution in [0.15, 0.2) is 18.2 Å². The molecule has 6 heteroatoms. The zero-order valence-corrected chi connectivity index (χ0v) is 13.7. The van der Waals surface area contributed by atoms with Crippen LogP contribution >= 0.6 is 11.3 Å². The molecule has 2 aliphatic heterocycles. The average molecular weight is 330 g/mol. The summed E-state index contributed by atoms with van der Waals surface area (Å²) in [5.74, 6) is 1.51. The van der Waals surface area contributed by atoms with Crippen molar-refractivity contribution in [2.75, 3.05) is 25.1 Å². The van der Waals surface area contributed by atoms with E-state index in [1.54, 1.807) is 18.3 Å². The predicted molar refractivity (Wildman–Crippen MR) is 90.5 cm³/mol.